The van der Waals surface area contributed by atoms with E-state index in [9.17, 15) is 4.79 Å². The van der Waals surface area contributed by atoms with Crippen LogP contribution in [0.1, 0.15) is 21.5 Å². The van der Waals surface area contributed by atoms with Gasteiger partial charge in [0.15, 0.2) is 0 Å². The standard InChI is InChI=1S/C8H12N2.C8H8O/c1-9-5-2-8-3-6-10-7-4-8;1-7-2-4-8(6-9)5-3-7/h3-4,6-7,9H,2,5H2,1H3;2-6H,1H3. The van der Waals surface area contributed by atoms with Crippen molar-refractivity contribution in [1.29, 1.82) is 0 Å². The number of hydrogen-bond acceptors (Lipinski definition) is 3. The van der Waals surface area contributed by atoms with Gasteiger partial charge >= 0.3 is 0 Å². The second-order valence-corrected chi connectivity index (χ2v) is 4.24. The Kier molecular flexibility index (Phi) is 7.13. The summed E-state index contributed by atoms with van der Waals surface area (Å²) in [5.74, 6) is 0. The number of pyridine rings is 1. The van der Waals surface area contributed by atoms with Gasteiger partial charge in [-0.05, 0) is 44.6 Å². The summed E-state index contributed by atoms with van der Waals surface area (Å²) in [7, 11) is 1.96. The Morgan fingerprint density at radius 1 is 1.11 bits per heavy atom. The number of nitrogens with zero attached hydrogens (tertiary/aromatic N) is 1. The maximum absolute atomic E-state index is 10.1. The molecule has 1 aromatic carbocycles. The summed E-state index contributed by atoms with van der Waals surface area (Å²) in [5, 5.41) is 3.10. The Labute approximate surface area is 114 Å². The minimum atomic E-state index is 0.737. The molecule has 3 nitrogen and oxygen atoms in total. The molecular weight excluding hydrogens is 236 g/mol. The van der Waals surface area contributed by atoms with Crippen LogP contribution in [0.25, 0.3) is 0 Å². The normalized spacial score (nSPS) is 9.37. The molecule has 0 unspecified atom stereocenters. The van der Waals surface area contributed by atoms with Gasteiger partial charge < -0.3 is 5.32 Å². The minimum absolute atomic E-state index is 0.737. The molecule has 100 valence electrons. The van der Waals surface area contributed by atoms with E-state index in [2.05, 4.69) is 10.3 Å². The van der Waals surface area contributed by atoms with Gasteiger partial charge in [-0.3, -0.25) is 9.78 Å². The van der Waals surface area contributed by atoms with Crippen LogP contribution in [0.5, 0.6) is 0 Å². The molecule has 1 heterocycles. The first-order valence-electron chi connectivity index (χ1n) is 6.31. The summed E-state index contributed by atoms with van der Waals surface area (Å²) >= 11 is 0. The van der Waals surface area contributed by atoms with Gasteiger partial charge in [-0.1, -0.05) is 29.8 Å². The zero-order chi connectivity index (χ0) is 13.9. The second-order valence-electron chi connectivity index (χ2n) is 4.24. The van der Waals surface area contributed by atoms with Crippen molar-refractivity contribution in [3.8, 4) is 0 Å². The molecule has 0 saturated carbocycles. The van der Waals surface area contributed by atoms with Gasteiger partial charge in [0.05, 0.1) is 0 Å². The van der Waals surface area contributed by atoms with Crippen LogP contribution in [0, 0.1) is 6.92 Å². The van der Waals surface area contributed by atoms with E-state index in [-0.39, 0.29) is 0 Å². The molecule has 1 N–H and O–H groups in total. The average molecular weight is 256 g/mol. The molecular formula is C16H20N2O. The molecule has 1 aromatic heterocycles. The van der Waals surface area contributed by atoms with Gasteiger partial charge in [-0.15, -0.1) is 0 Å². The van der Waals surface area contributed by atoms with Gasteiger partial charge in [0, 0.05) is 18.0 Å². The highest BCUT2D eigenvalue weighted by atomic mass is 16.1. The van der Waals surface area contributed by atoms with Crippen LogP contribution >= 0.6 is 0 Å². The van der Waals surface area contributed by atoms with Gasteiger partial charge in [0.1, 0.15) is 6.29 Å². The first kappa shape index (κ1) is 15.1. The minimum Gasteiger partial charge on any atom is -0.319 e. The Hall–Kier alpha value is -2.00. The third kappa shape index (κ3) is 6.48. The summed E-state index contributed by atoms with van der Waals surface area (Å²) in [5.41, 5.74) is 3.26. The fourth-order valence-corrected chi connectivity index (χ4v) is 1.46. The summed E-state index contributed by atoms with van der Waals surface area (Å²) in [6.07, 6.45) is 5.58. The van der Waals surface area contributed by atoms with Crippen molar-refractivity contribution in [2.75, 3.05) is 13.6 Å². The molecule has 0 bridgehead atoms. The maximum atomic E-state index is 10.1. The smallest absolute Gasteiger partial charge is 0.150 e. The molecule has 0 atom stereocenters. The van der Waals surface area contributed by atoms with E-state index in [1.807, 2.05) is 62.8 Å². The molecule has 0 aliphatic heterocycles. The topological polar surface area (TPSA) is 42.0 Å². The van der Waals surface area contributed by atoms with E-state index in [4.69, 9.17) is 0 Å². The highest BCUT2D eigenvalue weighted by Crippen LogP contribution is 1.99. The molecule has 0 saturated heterocycles. The molecule has 2 aromatic rings. The number of aromatic nitrogens is 1. The van der Waals surface area contributed by atoms with Crippen molar-refractivity contribution in [1.82, 2.24) is 10.3 Å². The summed E-state index contributed by atoms with van der Waals surface area (Å²) in [6, 6.07) is 11.5. The lowest BCUT2D eigenvalue weighted by atomic mass is 10.2. The molecule has 0 aliphatic carbocycles. The van der Waals surface area contributed by atoms with Gasteiger partial charge in [-0.2, -0.15) is 0 Å². The fourth-order valence-electron chi connectivity index (χ4n) is 1.46. The van der Waals surface area contributed by atoms with Crippen LogP contribution in [0.3, 0.4) is 0 Å². The van der Waals surface area contributed by atoms with Crippen molar-refractivity contribution in [3.05, 3.63) is 65.5 Å². The Bertz CT molecular complexity index is 466. The Morgan fingerprint density at radius 3 is 2.26 bits per heavy atom. The van der Waals surface area contributed by atoms with E-state index in [1.165, 1.54) is 11.1 Å². The monoisotopic (exact) mass is 256 g/mol. The van der Waals surface area contributed by atoms with Crippen LogP contribution in [0.15, 0.2) is 48.8 Å². The number of hydrogen-bond donors (Lipinski definition) is 1. The van der Waals surface area contributed by atoms with Crippen LogP contribution < -0.4 is 5.32 Å². The van der Waals surface area contributed by atoms with E-state index < -0.39 is 0 Å². The van der Waals surface area contributed by atoms with Crippen molar-refractivity contribution in [2.24, 2.45) is 0 Å². The van der Waals surface area contributed by atoms with Crippen LogP contribution in [-0.2, 0) is 6.42 Å². The van der Waals surface area contributed by atoms with Crippen molar-refractivity contribution in [2.45, 2.75) is 13.3 Å². The predicted molar refractivity (Wildman–Crippen MR) is 78.4 cm³/mol. The van der Waals surface area contributed by atoms with E-state index >= 15 is 0 Å². The van der Waals surface area contributed by atoms with Gasteiger partial charge in [0.25, 0.3) is 0 Å². The highest BCUT2D eigenvalue weighted by Gasteiger charge is 1.87. The summed E-state index contributed by atoms with van der Waals surface area (Å²) in [4.78, 5) is 14.1. The van der Waals surface area contributed by atoms with Crippen molar-refractivity contribution < 1.29 is 4.79 Å². The third-order valence-electron chi connectivity index (χ3n) is 2.63. The number of aryl methyl sites for hydroxylation is 1. The van der Waals surface area contributed by atoms with E-state index in [0.29, 0.717) is 0 Å². The zero-order valence-electron chi connectivity index (χ0n) is 11.5. The SMILES string of the molecule is CNCCc1ccncc1.Cc1ccc(C=O)cc1. The number of rotatable bonds is 4. The molecule has 0 fully saturated rings. The quantitative estimate of drug-likeness (QED) is 0.855. The van der Waals surface area contributed by atoms with Crippen LogP contribution in [-0.4, -0.2) is 24.9 Å². The number of benzene rings is 1. The molecule has 2 rings (SSSR count). The van der Waals surface area contributed by atoms with Crippen LogP contribution in [0.4, 0.5) is 0 Å². The predicted octanol–water partition coefficient (Wildman–Crippen LogP) is 2.65. The van der Waals surface area contributed by atoms with Gasteiger partial charge in [0.2, 0.25) is 0 Å². The first-order valence-corrected chi connectivity index (χ1v) is 6.31. The summed E-state index contributed by atoms with van der Waals surface area (Å²) < 4.78 is 0. The fraction of sp³-hybridized carbons (Fsp3) is 0.250. The Balaban J connectivity index is 0.000000191. The number of nitrogens with one attached hydrogen (secondary N) is 1. The lowest BCUT2D eigenvalue weighted by molar-refractivity contribution is 0.112. The number of carbonyl (C=O) groups is 1. The number of carbonyl (C=O) groups excluding carboxylic acids is 1. The van der Waals surface area contributed by atoms with E-state index in [0.717, 1.165) is 24.8 Å². The van der Waals surface area contributed by atoms with E-state index in [1.54, 1.807) is 0 Å². The van der Waals surface area contributed by atoms with Crippen molar-refractivity contribution in [3.63, 3.8) is 0 Å². The average Bonchev–Trinajstić information content (AvgIpc) is 2.48. The largest absolute Gasteiger partial charge is 0.319 e. The maximum Gasteiger partial charge on any atom is 0.150 e. The second kappa shape index (κ2) is 9.00. The highest BCUT2D eigenvalue weighted by molar-refractivity contribution is 5.74. The van der Waals surface area contributed by atoms with Gasteiger partial charge in [-0.25, -0.2) is 0 Å². The van der Waals surface area contributed by atoms with Crippen molar-refractivity contribution >= 4 is 6.29 Å². The lowest BCUT2D eigenvalue weighted by Gasteiger charge is -1.97. The Morgan fingerprint density at radius 2 is 1.74 bits per heavy atom. The molecule has 0 radical (unpaired) electrons. The molecule has 0 amide bonds. The van der Waals surface area contributed by atoms with Crippen LogP contribution in [0.2, 0.25) is 0 Å². The molecule has 19 heavy (non-hydrogen) atoms. The molecule has 0 aliphatic rings. The molecule has 0 spiro atoms. The zero-order valence-corrected chi connectivity index (χ0v) is 11.5. The number of aldehydes is 1. The lowest BCUT2D eigenvalue weighted by Crippen LogP contribution is -2.10. The third-order valence-corrected chi connectivity index (χ3v) is 2.63. The number of likely N-dealkylation sites (N-methyl/N-ethyl adjacent to an activating group) is 1. The molecule has 3 heteroatoms. The first-order chi connectivity index (χ1) is 9.26. The summed E-state index contributed by atoms with van der Waals surface area (Å²) in [6.45, 7) is 3.03.